The van der Waals surface area contributed by atoms with Crippen LogP contribution in [-0.2, 0) is 13.2 Å². The van der Waals surface area contributed by atoms with Gasteiger partial charge in [-0.15, -0.1) is 0 Å². The van der Waals surface area contributed by atoms with Crippen molar-refractivity contribution in [2.24, 2.45) is 0 Å². The molecule has 5 rings (SSSR count). The number of halogens is 2. The zero-order chi connectivity index (χ0) is 23.1. The van der Waals surface area contributed by atoms with Gasteiger partial charge in [0.2, 0.25) is 6.79 Å². The molecule has 1 aliphatic rings. The number of rotatable bonds is 6. The number of phenols is 1. The van der Waals surface area contributed by atoms with Crippen LogP contribution in [0.3, 0.4) is 0 Å². The lowest BCUT2D eigenvalue weighted by Crippen LogP contribution is -2.09. The van der Waals surface area contributed by atoms with Crippen molar-refractivity contribution in [3.63, 3.8) is 0 Å². The van der Waals surface area contributed by atoms with Gasteiger partial charge in [-0.2, -0.15) is 0 Å². The summed E-state index contributed by atoms with van der Waals surface area (Å²) in [5, 5.41) is 21.1. The Labute approximate surface area is 198 Å². The van der Waals surface area contributed by atoms with Gasteiger partial charge in [-0.1, -0.05) is 23.2 Å². The Morgan fingerprint density at radius 2 is 1.76 bits per heavy atom. The first-order chi connectivity index (χ1) is 15.9. The van der Waals surface area contributed by atoms with E-state index in [9.17, 15) is 15.0 Å². The summed E-state index contributed by atoms with van der Waals surface area (Å²) in [6.07, 6.45) is 0. The number of ether oxygens (including phenoxy) is 3. The maximum absolute atomic E-state index is 12.0. The molecule has 9 heteroatoms. The summed E-state index contributed by atoms with van der Waals surface area (Å²) in [4.78, 5) is 12.0. The molecule has 4 aromatic rings. The average molecular weight is 486 g/mol. The zero-order valence-corrected chi connectivity index (χ0v) is 18.6. The van der Waals surface area contributed by atoms with Crippen LogP contribution in [-0.4, -0.2) is 27.5 Å². The van der Waals surface area contributed by atoms with E-state index in [0.29, 0.717) is 49.3 Å². The average Bonchev–Trinajstić information content (AvgIpc) is 3.38. The molecule has 2 N–H and O–H groups in total. The number of hydrogen-bond donors (Lipinski definition) is 2. The van der Waals surface area contributed by atoms with Crippen molar-refractivity contribution >= 4 is 40.1 Å². The molecule has 1 aromatic heterocycles. The van der Waals surface area contributed by atoms with Gasteiger partial charge >= 0.3 is 5.97 Å². The van der Waals surface area contributed by atoms with Gasteiger partial charge in [-0.25, -0.2) is 4.79 Å². The van der Waals surface area contributed by atoms with Gasteiger partial charge in [0.05, 0.1) is 6.54 Å². The summed E-state index contributed by atoms with van der Waals surface area (Å²) in [6.45, 7) is 0.510. The van der Waals surface area contributed by atoms with E-state index in [1.54, 1.807) is 47.0 Å². The first-order valence-electron chi connectivity index (χ1n) is 9.94. The number of benzene rings is 3. The second-order valence-corrected chi connectivity index (χ2v) is 8.32. The number of carboxylic acid groups (broad SMARTS) is 1. The lowest BCUT2D eigenvalue weighted by atomic mass is 10.2. The molecular weight excluding hydrogens is 469 g/mol. The number of nitrogens with zero attached hydrogens (tertiary/aromatic N) is 1. The molecule has 0 spiro atoms. The minimum absolute atomic E-state index is 0.0961. The monoisotopic (exact) mass is 485 g/mol. The Kier molecular flexibility index (Phi) is 5.44. The zero-order valence-electron chi connectivity index (χ0n) is 17.0. The number of phenolic OH excluding ortho intramolecular Hbond substituents is 1. The van der Waals surface area contributed by atoms with Crippen LogP contribution in [0.2, 0.25) is 10.0 Å². The van der Waals surface area contributed by atoms with E-state index >= 15 is 0 Å². The maximum atomic E-state index is 12.0. The number of aromatic carboxylic acids is 1. The number of carboxylic acids is 1. The van der Waals surface area contributed by atoms with Crippen LogP contribution >= 0.6 is 23.2 Å². The third-order valence-electron chi connectivity index (χ3n) is 5.39. The first kappa shape index (κ1) is 21.3. The van der Waals surface area contributed by atoms with Crippen molar-refractivity contribution in [1.82, 2.24) is 4.57 Å². The van der Waals surface area contributed by atoms with Crippen molar-refractivity contribution < 1.29 is 29.2 Å². The topological polar surface area (TPSA) is 90.2 Å². The van der Waals surface area contributed by atoms with E-state index in [0.717, 1.165) is 0 Å². The number of aromatic hydroxyl groups is 1. The molecule has 7 nitrogen and oxygen atoms in total. The highest BCUT2D eigenvalue weighted by atomic mass is 35.5. The summed E-state index contributed by atoms with van der Waals surface area (Å²) >= 11 is 12.6. The Morgan fingerprint density at radius 3 is 2.55 bits per heavy atom. The molecule has 0 aliphatic carbocycles. The molecule has 3 aromatic carbocycles. The lowest BCUT2D eigenvalue weighted by Gasteiger charge is -2.12. The Bertz CT molecular complexity index is 1400. The molecule has 0 saturated carbocycles. The van der Waals surface area contributed by atoms with Crippen LogP contribution in [0.25, 0.3) is 10.9 Å². The van der Waals surface area contributed by atoms with Crippen molar-refractivity contribution in [2.75, 3.05) is 6.79 Å². The van der Waals surface area contributed by atoms with Crippen molar-refractivity contribution in [1.29, 1.82) is 0 Å². The number of aromatic nitrogens is 1. The van der Waals surface area contributed by atoms with E-state index in [1.807, 2.05) is 0 Å². The molecule has 0 bridgehead atoms. The fraction of sp³-hybridized carbons (Fsp3) is 0.125. The summed E-state index contributed by atoms with van der Waals surface area (Å²) in [7, 11) is 0. The molecule has 1 aliphatic heterocycles. The number of hydrogen-bond acceptors (Lipinski definition) is 5. The van der Waals surface area contributed by atoms with Crippen LogP contribution in [0.5, 0.6) is 23.0 Å². The van der Waals surface area contributed by atoms with Gasteiger partial charge in [0, 0.05) is 32.6 Å². The molecule has 0 fully saturated rings. The molecular formula is C24H17Cl2NO6. The third kappa shape index (κ3) is 4.13. The third-order valence-corrected chi connectivity index (χ3v) is 6.11. The van der Waals surface area contributed by atoms with E-state index in [4.69, 9.17) is 37.4 Å². The summed E-state index contributed by atoms with van der Waals surface area (Å²) < 4.78 is 18.3. The summed E-state index contributed by atoms with van der Waals surface area (Å²) in [5.74, 6) is 0.713. The number of carbonyl (C=O) groups is 1. The Morgan fingerprint density at radius 1 is 0.970 bits per heavy atom. The van der Waals surface area contributed by atoms with Gasteiger partial charge in [0.25, 0.3) is 0 Å². The van der Waals surface area contributed by atoms with Gasteiger partial charge in [0.15, 0.2) is 11.5 Å². The van der Waals surface area contributed by atoms with Crippen LogP contribution < -0.4 is 14.2 Å². The van der Waals surface area contributed by atoms with Crippen LogP contribution in [0.1, 0.15) is 21.6 Å². The molecule has 0 saturated heterocycles. The van der Waals surface area contributed by atoms with Crippen LogP contribution in [0.15, 0.2) is 54.6 Å². The number of fused-ring (bicyclic) bond motifs is 2. The quantitative estimate of drug-likeness (QED) is 0.363. The van der Waals surface area contributed by atoms with Crippen LogP contribution in [0, 0.1) is 0 Å². The normalized spacial score (nSPS) is 12.3. The van der Waals surface area contributed by atoms with E-state index in [1.165, 1.54) is 12.1 Å². The summed E-state index contributed by atoms with van der Waals surface area (Å²) in [5.41, 5.74) is 2.17. The van der Waals surface area contributed by atoms with Crippen molar-refractivity contribution in [3.05, 3.63) is 81.5 Å². The van der Waals surface area contributed by atoms with Crippen LogP contribution in [0.4, 0.5) is 0 Å². The lowest BCUT2D eigenvalue weighted by molar-refractivity contribution is 0.0686. The van der Waals surface area contributed by atoms with Gasteiger partial charge in [-0.3, -0.25) is 0 Å². The molecule has 0 amide bonds. The fourth-order valence-electron chi connectivity index (χ4n) is 3.77. The molecule has 33 heavy (non-hydrogen) atoms. The fourth-order valence-corrected chi connectivity index (χ4v) is 4.16. The second-order valence-electron chi connectivity index (χ2n) is 7.50. The van der Waals surface area contributed by atoms with Crippen molar-refractivity contribution in [2.45, 2.75) is 13.2 Å². The van der Waals surface area contributed by atoms with Gasteiger partial charge in [0.1, 0.15) is 23.8 Å². The van der Waals surface area contributed by atoms with Gasteiger partial charge in [-0.05, 0) is 54.1 Å². The summed E-state index contributed by atoms with van der Waals surface area (Å²) in [6, 6.07) is 15.0. The molecule has 168 valence electrons. The Balaban J connectivity index is 1.46. The molecule has 0 atom stereocenters. The predicted molar refractivity (Wildman–Crippen MR) is 123 cm³/mol. The largest absolute Gasteiger partial charge is 0.508 e. The SMILES string of the molecule is O=C(O)c1cc2cc(OCc3cc(O)ccc3Cl)ccc2n1Cc1cc2c(cc1Cl)OCO2. The van der Waals surface area contributed by atoms with E-state index in [-0.39, 0.29) is 31.4 Å². The predicted octanol–water partition coefficient (Wildman–Crippen LogP) is 5.71. The second kappa shape index (κ2) is 8.42. The van der Waals surface area contributed by atoms with Crippen molar-refractivity contribution in [3.8, 4) is 23.0 Å². The smallest absolute Gasteiger partial charge is 0.352 e. The van der Waals surface area contributed by atoms with E-state index in [2.05, 4.69) is 0 Å². The minimum Gasteiger partial charge on any atom is -0.508 e. The maximum Gasteiger partial charge on any atom is 0.352 e. The first-order valence-corrected chi connectivity index (χ1v) is 10.7. The standard InChI is InChI=1S/C24H17Cl2NO6/c25-18-3-1-16(28)5-15(18)11-31-17-2-4-20-13(6-17)7-21(24(29)30)27(20)10-14-8-22-23(9-19(14)26)33-12-32-22/h1-9,28H,10-12H2,(H,29,30). The molecule has 0 unspecified atom stereocenters. The minimum atomic E-state index is -1.06. The van der Waals surface area contributed by atoms with E-state index < -0.39 is 5.97 Å². The highest BCUT2D eigenvalue weighted by molar-refractivity contribution is 6.31. The highest BCUT2D eigenvalue weighted by Gasteiger charge is 2.20. The molecule has 0 radical (unpaired) electrons. The highest BCUT2D eigenvalue weighted by Crippen LogP contribution is 2.38. The Hall–Kier alpha value is -3.55. The molecule has 2 heterocycles. The van der Waals surface area contributed by atoms with Gasteiger partial charge < -0.3 is 29.0 Å².